The van der Waals surface area contributed by atoms with Gasteiger partial charge in [-0.25, -0.2) is 4.79 Å². The van der Waals surface area contributed by atoms with Crippen LogP contribution >= 0.6 is 0 Å². The van der Waals surface area contributed by atoms with E-state index in [0.717, 1.165) is 48.8 Å². The van der Waals surface area contributed by atoms with Crippen LogP contribution in [-0.4, -0.2) is 48.8 Å². The molecule has 2 atom stereocenters. The van der Waals surface area contributed by atoms with Crippen molar-refractivity contribution in [1.29, 1.82) is 0 Å². The van der Waals surface area contributed by atoms with Gasteiger partial charge in [-0.2, -0.15) is 0 Å². The molecule has 0 spiro atoms. The topological polar surface area (TPSA) is 46.5 Å². The second-order valence-electron chi connectivity index (χ2n) is 7.30. The Morgan fingerprint density at radius 3 is 2.78 bits per heavy atom. The quantitative estimate of drug-likeness (QED) is 0.686. The van der Waals surface area contributed by atoms with E-state index in [1.165, 1.54) is 5.57 Å². The second kappa shape index (κ2) is 6.46. The van der Waals surface area contributed by atoms with Crippen LogP contribution in [0.25, 0.3) is 5.57 Å². The van der Waals surface area contributed by atoms with Crippen LogP contribution < -0.4 is 0 Å². The van der Waals surface area contributed by atoms with E-state index in [0.29, 0.717) is 5.56 Å². The number of hydrogen-bond donors (Lipinski definition) is 1. The van der Waals surface area contributed by atoms with Gasteiger partial charge < -0.3 is 14.3 Å². The van der Waals surface area contributed by atoms with Gasteiger partial charge in [0.25, 0.3) is 0 Å². The van der Waals surface area contributed by atoms with Gasteiger partial charge in [-0.15, -0.1) is 0 Å². The molecule has 3 rings (SSSR count). The Morgan fingerprint density at radius 1 is 1.35 bits per heavy atom. The summed E-state index contributed by atoms with van der Waals surface area (Å²) in [5.41, 5.74) is 2.88. The van der Waals surface area contributed by atoms with E-state index in [9.17, 15) is 9.90 Å². The first kappa shape index (κ1) is 16.2. The lowest BCUT2D eigenvalue weighted by Gasteiger charge is -2.23. The lowest BCUT2D eigenvalue weighted by molar-refractivity contribution is -0.879. The third kappa shape index (κ3) is 3.65. The Labute approximate surface area is 138 Å². The number of quaternary nitrogens is 1. The minimum atomic E-state index is -1.20. The lowest BCUT2D eigenvalue weighted by atomic mass is 9.95. The van der Waals surface area contributed by atoms with Gasteiger partial charge in [-0.3, -0.25) is 0 Å². The third-order valence-corrected chi connectivity index (χ3v) is 4.90. The van der Waals surface area contributed by atoms with Crippen LogP contribution in [0.4, 0.5) is 0 Å². The molecule has 0 saturated carbocycles. The van der Waals surface area contributed by atoms with Gasteiger partial charge >= 0.3 is 5.97 Å². The third-order valence-electron chi connectivity index (χ3n) is 4.90. The summed E-state index contributed by atoms with van der Waals surface area (Å²) in [6.45, 7) is 1.81. The van der Waals surface area contributed by atoms with E-state index in [1.54, 1.807) is 0 Å². The van der Waals surface area contributed by atoms with Crippen LogP contribution in [0.2, 0.25) is 0 Å². The normalized spacial score (nSPS) is 24.3. The maximum absolute atomic E-state index is 12.4. The number of allylic oxidation sites excluding steroid dienone is 2. The molecule has 4 heteroatoms. The summed E-state index contributed by atoms with van der Waals surface area (Å²) < 4.78 is 6.42. The van der Waals surface area contributed by atoms with Crippen LogP contribution in [0.15, 0.2) is 30.3 Å². The van der Waals surface area contributed by atoms with E-state index in [2.05, 4.69) is 20.2 Å². The summed E-state index contributed by atoms with van der Waals surface area (Å²) in [7, 11) is 4.26. The number of carbonyl (C=O) groups excluding carboxylic acids is 1. The molecule has 1 heterocycles. The molecule has 0 aromatic heterocycles. The minimum Gasteiger partial charge on any atom is -0.454 e. The van der Waals surface area contributed by atoms with Crippen molar-refractivity contribution < 1.29 is 19.1 Å². The maximum atomic E-state index is 12.4. The fourth-order valence-corrected chi connectivity index (χ4v) is 3.62. The van der Waals surface area contributed by atoms with E-state index in [-0.39, 0.29) is 6.10 Å². The SMILES string of the molecule is C[N+]1(C)CC[C@H](OC(=O)C(O)c2ccccc2C2=CCCC2)C1. The first-order valence-corrected chi connectivity index (χ1v) is 8.45. The summed E-state index contributed by atoms with van der Waals surface area (Å²) in [4.78, 5) is 12.4. The molecule has 1 aromatic carbocycles. The molecular formula is C19H26NO3+. The second-order valence-corrected chi connectivity index (χ2v) is 7.30. The smallest absolute Gasteiger partial charge is 0.340 e. The van der Waals surface area contributed by atoms with Crippen molar-refractivity contribution in [2.24, 2.45) is 0 Å². The van der Waals surface area contributed by atoms with Gasteiger partial charge in [0.1, 0.15) is 6.54 Å². The fourth-order valence-electron chi connectivity index (χ4n) is 3.62. The Kier molecular flexibility index (Phi) is 4.55. The number of rotatable bonds is 4. The van der Waals surface area contributed by atoms with Gasteiger partial charge in [0, 0.05) is 6.42 Å². The molecule has 1 aromatic rings. The average Bonchev–Trinajstić information content (AvgIpc) is 3.16. The molecule has 1 aliphatic carbocycles. The van der Waals surface area contributed by atoms with Crippen LogP contribution in [0.3, 0.4) is 0 Å². The summed E-state index contributed by atoms with van der Waals surface area (Å²) in [5.74, 6) is -0.525. The molecule has 0 amide bonds. The van der Waals surface area contributed by atoms with Crippen molar-refractivity contribution in [2.45, 2.75) is 37.9 Å². The molecule has 4 nitrogen and oxygen atoms in total. The summed E-state index contributed by atoms with van der Waals surface area (Å²) in [5, 5.41) is 10.5. The standard InChI is InChI=1S/C19H26NO3/c1-20(2)12-11-15(13-20)23-19(22)18(21)17-10-6-5-9-16(17)14-7-3-4-8-14/h5-7,9-10,15,18,21H,3-4,8,11-13H2,1-2H3/q+1/t15-,18?/m0/s1. The monoisotopic (exact) mass is 316 g/mol. The average molecular weight is 316 g/mol. The van der Waals surface area contributed by atoms with Gasteiger partial charge in [0.05, 0.1) is 20.6 Å². The molecule has 1 fully saturated rings. The van der Waals surface area contributed by atoms with Crippen LogP contribution in [0.5, 0.6) is 0 Å². The number of aliphatic hydroxyl groups excluding tert-OH is 1. The molecule has 23 heavy (non-hydrogen) atoms. The Morgan fingerprint density at radius 2 is 2.13 bits per heavy atom. The van der Waals surface area contributed by atoms with Crippen molar-refractivity contribution in [1.82, 2.24) is 0 Å². The molecule has 1 saturated heterocycles. The molecule has 2 aliphatic rings. The molecule has 1 N–H and O–H groups in total. The number of nitrogens with zero attached hydrogens (tertiary/aromatic N) is 1. The number of likely N-dealkylation sites (tertiary alicyclic amines) is 1. The molecule has 1 aliphatic heterocycles. The zero-order valence-electron chi connectivity index (χ0n) is 14.0. The molecule has 1 unspecified atom stereocenters. The summed E-state index contributed by atoms with van der Waals surface area (Å²) in [6, 6.07) is 7.63. The number of carbonyl (C=O) groups is 1. The van der Waals surface area contributed by atoms with E-state index in [1.807, 2.05) is 24.3 Å². The fraction of sp³-hybridized carbons (Fsp3) is 0.526. The van der Waals surface area contributed by atoms with Crippen molar-refractivity contribution in [3.8, 4) is 0 Å². The number of ether oxygens (including phenoxy) is 1. The zero-order valence-corrected chi connectivity index (χ0v) is 14.0. The van der Waals surface area contributed by atoms with Crippen molar-refractivity contribution in [3.63, 3.8) is 0 Å². The Bertz CT molecular complexity index is 621. The first-order chi connectivity index (χ1) is 11.0. The predicted molar refractivity (Wildman–Crippen MR) is 89.6 cm³/mol. The molecular weight excluding hydrogens is 290 g/mol. The van der Waals surface area contributed by atoms with Crippen LogP contribution in [0.1, 0.15) is 42.9 Å². The number of hydrogen-bond acceptors (Lipinski definition) is 3. The number of esters is 1. The van der Waals surface area contributed by atoms with Crippen molar-refractivity contribution in [3.05, 3.63) is 41.5 Å². The number of likely N-dealkylation sites (N-methyl/N-ethyl adjacent to an activating group) is 1. The van der Waals surface area contributed by atoms with E-state index < -0.39 is 12.1 Å². The van der Waals surface area contributed by atoms with E-state index in [4.69, 9.17) is 4.74 Å². The van der Waals surface area contributed by atoms with Crippen molar-refractivity contribution in [2.75, 3.05) is 27.2 Å². The van der Waals surface area contributed by atoms with Gasteiger partial charge in [0.2, 0.25) is 0 Å². The van der Waals surface area contributed by atoms with Gasteiger partial charge in [-0.1, -0.05) is 30.3 Å². The zero-order chi connectivity index (χ0) is 16.4. The highest BCUT2D eigenvalue weighted by atomic mass is 16.6. The molecule has 0 radical (unpaired) electrons. The van der Waals surface area contributed by atoms with Crippen LogP contribution in [0, 0.1) is 0 Å². The number of aliphatic hydroxyl groups is 1. The minimum absolute atomic E-state index is 0.0926. The largest absolute Gasteiger partial charge is 0.454 e. The van der Waals surface area contributed by atoms with Crippen molar-refractivity contribution >= 4 is 11.5 Å². The Hall–Kier alpha value is -1.65. The van der Waals surface area contributed by atoms with E-state index >= 15 is 0 Å². The molecule has 124 valence electrons. The highest BCUT2D eigenvalue weighted by Gasteiger charge is 2.35. The lowest BCUT2D eigenvalue weighted by Crippen LogP contribution is -2.38. The van der Waals surface area contributed by atoms with Crippen LogP contribution in [-0.2, 0) is 9.53 Å². The summed E-state index contributed by atoms with van der Waals surface area (Å²) >= 11 is 0. The summed E-state index contributed by atoms with van der Waals surface area (Å²) in [6.07, 6.45) is 4.98. The Balaban J connectivity index is 1.73. The highest BCUT2D eigenvalue weighted by molar-refractivity contribution is 5.80. The molecule has 0 bridgehead atoms. The highest BCUT2D eigenvalue weighted by Crippen LogP contribution is 2.33. The number of benzene rings is 1. The maximum Gasteiger partial charge on any atom is 0.340 e. The first-order valence-electron chi connectivity index (χ1n) is 8.45. The van der Waals surface area contributed by atoms with Gasteiger partial charge in [0.15, 0.2) is 12.2 Å². The van der Waals surface area contributed by atoms with Gasteiger partial charge in [-0.05, 0) is 36.0 Å². The predicted octanol–water partition coefficient (Wildman–Crippen LogP) is 2.68.